The van der Waals surface area contributed by atoms with Gasteiger partial charge in [-0.05, 0) is 52.4 Å². The van der Waals surface area contributed by atoms with Gasteiger partial charge in [-0.3, -0.25) is 9.67 Å². The minimum Gasteiger partial charge on any atom is -0.357 e. The predicted octanol–water partition coefficient (Wildman–Crippen LogP) is 1.95. The first-order valence-electron chi connectivity index (χ1n) is 10.8. The molecule has 1 unspecified atom stereocenters. The van der Waals surface area contributed by atoms with E-state index in [-0.39, 0.29) is 6.04 Å². The van der Waals surface area contributed by atoms with Crippen LogP contribution in [-0.2, 0) is 7.05 Å². The van der Waals surface area contributed by atoms with E-state index in [1.165, 1.54) is 11.1 Å². The number of aromatic nitrogens is 3. The monoisotopic (exact) mass is 412 g/mol. The van der Waals surface area contributed by atoms with E-state index in [2.05, 4.69) is 76.8 Å². The Hall–Kier alpha value is -2.61. The molecule has 8 heteroatoms. The van der Waals surface area contributed by atoms with Gasteiger partial charge in [-0.15, -0.1) is 0 Å². The molecule has 2 aromatic heterocycles. The van der Waals surface area contributed by atoms with Crippen molar-refractivity contribution in [2.45, 2.75) is 38.8 Å². The summed E-state index contributed by atoms with van der Waals surface area (Å²) in [5.74, 6) is 1.96. The fraction of sp³-hybridized carbons (Fsp3) is 0.591. The van der Waals surface area contributed by atoms with Gasteiger partial charge in [0.15, 0.2) is 5.96 Å². The summed E-state index contributed by atoms with van der Waals surface area (Å²) in [6.07, 6.45) is 8.07. The number of hydrogen-bond donors (Lipinski definition) is 2. The van der Waals surface area contributed by atoms with Gasteiger partial charge in [0.05, 0.1) is 18.8 Å². The number of pyridine rings is 1. The Labute approximate surface area is 180 Å². The van der Waals surface area contributed by atoms with Crippen LogP contribution in [-0.4, -0.2) is 71.9 Å². The lowest BCUT2D eigenvalue weighted by molar-refractivity contribution is 0.306. The van der Waals surface area contributed by atoms with Crippen molar-refractivity contribution in [3.05, 3.63) is 41.9 Å². The number of nitrogens with zero attached hydrogens (tertiary/aromatic N) is 6. The Balaban J connectivity index is 1.57. The van der Waals surface area contributed by atoms with E-state index in [4.69, 9.17) is 4.99 Å². The highest BCUT2D eigenvalue weighted by atomic mass is 15.3. The third kappa shape index (κ3) is 5.95. The van der Waals surface area contributed by atoms with Gasteiger partial charge in [-0.1, -0.05) is 6.07 Å². The smallest absolute Gasteiger partial charge is 0.191 e. The second-order valence-electron chi connectivity index (χ2n) is 8.25. The van der Waals surface area contributed by atoms with Crippen molar-refractivity contribution in [1.82, 2.24) is 30.3 Å². The molecule has 30 heavy (non-hydrogen) atoms. The van der Waals surface area contributed by atoms with Crippen LogP contribution in [0.5, 0.6) is 0 Å². The molecule has 1 aliphatic rings. The van der Waals surface area contributed by atoms with E-state index >= 15 is 0 Å². The molecule has 1 saturated heterocycles. The molecular weight excluding hydrogens is 376 g/mol. The first-order chi connectivity index (χ1) is 14.5. The summed E-state index contributed by atoms with van der Waals surface area (Å²) in [5.41, 5.74) is 2.38. The molecule has 0 amide bonds. The standard InChI is InChI=1S/C22H36N8/c1-6-23-22(25-15-20(28(3)4)18-14-26-29(5)16-18)27-19-9-11-30(12-10-19)21-8-7-17(2)13-24-21/h7-8,13-14,16,19-20H,6,9-12,15H2,1-5H3,(H2,23,25,27). The molecular formula is C22H36N8. The van der Waals surface area contributed by atoms with E-state index in [1.807, 2.05) is 24.1 Å². The lowest BCUT2D eigenvalue weighted by Crippen LogP contribution is -2.49. The molecule has 1 aliphatic heterocycles. The minimum atomic E-state index is 0.198. The van der Waals surface area contributed by atoms with Crippen molar-refractivity contribution in [2.24, 2.45) is 12.0 Å². The van der Waals surface area contributed by atoms with Gasteiger partial charge in [-0.25, -0.2) is 4.98 Å². The molecule has 8 nitrogen and oxygen atoms in total. The number of anilines is 1. The molecule has 3 heterocycles. The SMILES string of the molecule is CCNC(=NCC(c1cnn(C)c1)N(C)C)NC1CCN(c2ccc(C)cn2)CC1. The van der Waals surface area contributed by atoms with Crippen LogP contribution in [0.15, 0.2) is 35.7 Å². The van der Waals surface area contributed by atoms with Crippen molar-refractivity contribution in [2.75, 3.05) is 45.2 Å². The molecule has 0 bridgehead atoms. The van der Waals surface area contributed by atoms with Gasteiger partial charge in [-0.2, -0.15) is 5.10 Å². The number of rotatable bonds is 7. The normalized spacial score (nSPS) is 16.7. The topological polar surface area (TPSA) is 73.6 Å². The minimum absolute atomic E-state index is 0.198. The zero-order valence-corrected chi connectivity index (χ0v) is 19.0. The average Bonchev–Trinajstić information content (AvgIpc) is 3.15. The van der Waals surface area contributed by atoms with Crippen LogP contribution < -0.4 is 15.5 Å². The van der Waals surface area contributed by atoms with E-state index < -0.39 is 0 Å². The van der Waals surface area contributed by atoms with Gasteiger partial charge in [0, 0.05) is 50.7 Å². The molecule has 0 spiro atoms. The third-order valence-corrected chi connectivity index (χ3v) is 5.56. The fourth-order valence-corrected chi connectivity index (χ4v) is 3.77. The molecule has 3 rings (SSSR count). The molecule has 0 saturated carbocycles. The number of likely N-dealkylation sites (N-methyl/N-ethyl adjacent to an activating group) is 1. The summed E-state index contributed by atoms with van der Waals surface area (Å²) in [4.78, 5) is 14.0. The molecule has 1 fully saturated rings. The van der Waals surface area contributed by atoms with Crippen LogP contribution >= 0.6 is 0 Å². The Bertz CT molecular complexity index is 803. The summed E-state index contributed by atoms with van der Waals surface area (Å²) >= 11 is 0. The first-order valence-corrected chi connectivity index (χ1v) is 10.8. The second kappa shape index (κ2) is 10.4. The van der Waals surface area contributed by atoms with Gasteiger partial charge >= 0.3 is 0 Å². The van der Waals surface area contributed by atoms with Crippen molar-refractivity contribution in [3.8, 4) is 0 Å². The number of piperidine rings is 1. The van der Waals surface area contributed by atoms with Crippen molar-refractivity contribution in [1.29, 1.82) is 0 Å². The largest absolute Gasteiger partial charge is 0.357 e. The summed E-state index contributed by atoms with van der Waals surface area (Å²) in [6, 6.07) is 4.87. The van der Waals surface area contributed by atoms with Crippen LogP contribution in [0.2, 0.25) is 0 Å². The van der Waals surface area contributed by atoms with Gasteiger partial charge in [0.1, 0.15) is 5.82 Å². The Morgan fingerprint density at radius 3 is 2.60 bits per heavy atom. The molecule has 0 aromatic carbocycles. The molecule has 0 radical (unpaired) electrons. The number of guanidine groups is 1. The highest BCUT2D eigenvalue weighted by molar-refractivity contribution is 5.80. The van der Waals surface area contributed by atoms with Crippen molar-refractivity contribution < 1.29 is 0 Å². The zero-order valence-electron chi connectivity index (χ0n) is 19.0. The number of aryl methyl sites for hydroxylation is 2. The Kier molecular flexibility index (Phi) is 7.68. The van der Waals surface area contributed by atoms with Crippen LogP contribution in [0.4, 0.5) is 5.82 Å². The highest BCUT2D eigenvalue weighted by Gasteiger charge is 2.21. The summed E-state index contributed by atoms with van der Waals surface area (Å²) < 4.78 is 1.84. The quantitative estimate of drug-likeness (QED) is 0.535. The molecule has 2 N–H and O–H groups in total. The Morgan fingerprint density at radius 2 is 2.03 bits per heavy atom. The summed E-state index contributed by atoms with van der Waals surface area (Å²) in [6.45, 7) is 7.71. The van der Waals surface area contributed by atoms with E-state index in [9.17, 15) is 0 Å². The van der Waals surface area contributed by atoms with E-state index in [1.54, 1.807) is 0 Å². The predicted molar refractivity (Wildman–Crippen MR) is 123 cm³/mol. The number of aliphatic imine (C=N–C) groups is 1. The maximum atomic E-state index is 4.89. The lowest BCUT2D eigenvalue weighted by Gasteiger charge is -2.34. The lowest BCUT2D eigenvalue weighted by atomic mass is 10.1. The van der Waals surface area contributed by atoms with E-state index in [0.29, 0.717) is 12.6 Å². The molecule has 0 aliphatic carbocycles. The van der Waals surface area contributed by atoms with Crippen LogP contribution in [0.25, 0.3) is 0 Å². The molecule has 2 aromatic rings. The van der Waals surface area contributed by atoms with Gasteiger partial charge < -0.3 is 20.4 Å². The van der Waals surface area contributed by atoms with Crippen LogP contribution in [0.1, 0.15) is 36.9 Å². The van der Waals surface area contributed by atoms with Crippen LogP contribution in [0, 0.1) is 6.92 Å². The average molecular weight is 413 g/mol. The highest BCUT2D eigenvalue weighted by Crippen LogP contribution is 2.19. The first kappa shape index (κ1) is 22.1. The van der Waals surface area contributed by atoms with Crippen molar-refractivity contribution >= 4 is 11.8 Å². The number of hydrogen-bond acceptors (Lipinski definition) is 5. The zero-order chi connectivity index (χ0) is 21.5. The summed E-state index contributed by atoms with van der Waals surface area (Å²) in [7, 11) is 6.12. The maximum absolute atomic E-state index is 4.89. The van der Waals surface area contributed by atoms with Crippen molar-refractivity contribution in [3.63, 3.8) is 0 Å². The fourth-order valence-electron chi connectivity index (χ4n) is 3.77. The molecule has 1 atom stereocenters. The second-order valence-corrected chi connectivity index (χ2v) is 8.25. The Morgan fingerprint density at radius 1 is 1.27 bits per heavy atom. The number of nitrogens with one attached hydrogen (secondary N) is 2. The van der Waals surface area contributed by atoms with Crippen LogP contribution in [0.3, 0.4) is 0 Å². The molecule has 164 valence electrons. The summed E-state index contributed by atoms with van der Waals surface area (Å²) in [5, 5.41) is 11.4. The third-order valence-electron chi connectivity index (χ3n) is 5.56. The van der Waals surface area contributed by atoms with Gasteiger partial charge in [0.25, 0.3) is 0 Å². The van der Waals surface area contributed by atoms with Gasteiger partial charge in [0.2, 0.25) is 0 Å². The van der Waals surface area contributed by atoms with E-state index in [0.717, 1.165) is 44.3 Å². The maximum Gasteiger partial charge on any atom is 0.191 e.